The molecule has 1 amide bonds. The summed E-state index contributed by atoms with van der Waals surface area (Å²) in [7, 11) is -3.67. The van der Waals surface area contributed by atoms with Crippen molar-refractivity contribution in [3.05, 3.63) is 53.1 Å². The number of ether oxygens (including phenoxy) is 1. The van der Waals surface area contributed by atoms with E-state index in [0.29, 0.717) is 6.42 Å². The summed E-state index contributed by atoms with van der Waals surface area (Å²) in [6.07, 6.45) is -3.95. The van der Waals surface area contributed by atoms with Gasteiger partial charge in [0.15, 0.2) is 6.61 Å². The highest BCUT2D eigenvalue weighted by Crippen LogP contribution is 2.33. The molecule has 0 saturated heterocycles. The molecule has 0 aromatic heterocycles. The number of rotatable bonds is 8. The molecule has 0 unspecified atom stereocenters. The molecule has 30 heavy (non-hydrogen) atoms. The number of nitrogens with one attached hydrogen (secondary N) is 2. The molecule has 0 fully saturated rings. The summed E-state index contributed by atoms with van der Waals surface area (Å²) < 4.78 is 70.5. The number of alkyl halides is 3. The lowest BCUT2D eigenvalue weighted by Gasteiger charge is -2.13. The summed E-state index contributed by atoms with van der Waals surface area (Å²) in [5.41, 5.74) is -1.15. The number of benzene rings is 2. The highest BCUT2D eigenvalue weighted by molar-refractivity contribution is 7.89. The van der Waals surface area contributed by atoms with Crippen molar-refractivity contribution < 1.29 is 31.1 Å². The maximum absolute atomic E-state index is 12.8. The molecule has 1 atom stereocenters. The number of hydrogen-bond donors (Lipinski definition) is 2. The van der Waals surface area contributed by atoms with Crippen LogP contribution in [0.25, 0.3) is 0 Å². The van der Waals surface area contributed by atoms with Gasteiger partial charge in [0.1, 0.15) is 5.75 Å². The number of halogens is 4. The average molecular weight is 465 g/mol. The number of amides is 1. The van der Waals surface area contributed by atoms with Crippen molar-refractivity contribution in [2.75, 3.05) is 11.9 Å². The minimum absolute atomic E-state index is 0.0374. The van der Waals surface area contributed by atoms with Crippen LogP contribution in [0.4, 0.5) is 18.9 Å². The van der Waals surface area contributed by atoms with Crippen LogP contribution >= 0.6 is 11.6 Å². The number of anilines is 1. The molecule has 0 radical (unpaired) electrons. The minimum atomic E-state index is -4.58. The van der Waals surface area contributed by atoms with Crippen molar-refractivity contribution in [3.8, 4) is 5.75 Å². The molecule has 0 saturated carbocycles. The molecule has 2 N–H and O–H groups in total. The van der Waals surface area contributed by atoms with E-state index in [1.807, 2.05) is 6.92 Å². The Hall–Kier alpha value is -2.30. The van der Waals surface area contributed by atoms with E-state index in [-0.39, 0.29) is 27.4 Å². The predicted molar refractivity (Wildman–Crippen MR) is 107 cm³/mol. The molecule has 0 aliphatic carbocycles. The van der Waals surface area contributed by atoms with Crippen molar-refractivity contribution in [2.24, 2.45) is 0 Å². The standard InChI is InChI=1S/C19H20ClF3N2O4S/c1-3-12(2)25-30(27,28)15-7-5-14(6-8-15)29-11-18(26)24-17-10-13(19(21,22)23)4-9-16(17)20/h4-10,12,25H,3,11H2,1-2H3,(H,24,26)/t12-/m0/s1. The molecule has 0 aliphatic rings. The van der Waals surface area contributed by atoms with Crippen molar-refractivity contribution in [1.29, 1.82) is 0 Å². The maximum atomic E-state index is 12.8. The SMILES string of the molecule is CC[C@H](C)NS(=O)(=O)c1ccc(OCC(=O)Nc2cc(C(F)(F)F)ccc2Cl)cc1. The number of carbonyl (C=O) groups is 1. The summed E-state index contributed by atoms with van der Waals surface area (Å²) in [5.74, 6) is -0.519. The van der Waals surface area contributed by atoms with E-state index in [1.54, 1.807) is 6.92 Å². The molecule has 0 aliphatic heterocycles. The first kappa shape index (κ1) is 24.0. The maximum Gasteiger partial charge on any atom is 0.416 e. The first-order valence-electron chi connectivity index (χ1n) is 8.84. The third-order valence-electron chi connectivity index (χ3n) is 4.04. The van der Waals surface area contributed by atoms with Gasteiger partial charge in [-0.3, -0.25) is 4.79 Å². The summed E-state index contributed by atoms with van der Waals surface area (Å²) in [4.78, 5) is 12.0. The molecular formula is C19H20ClF3N2O4S. The van der Waals surface area contributed by atoms with Gasteiger partial charge in [0, 0.05) is 6.04 Å². The van der Waals surface area contributed by atoms with E-state index in [1.165, 1.54) is 24.3 Å². The van der Waals surface area contributed by atoms with Gasteiger partial charge in [0.25, 0.3) is 5.91 Å². The Morgan fingerprint density at radius 2 is 1.80 bits per heavy atom. The summed E-state index contributed by atoms with van der Waals surface area (Å²) in [6.45, 7) is 3.08. The van der Waals surface area contributed by atoms with Gasteiger partial charge in [-0.15, -0.1) is 0 Å². The zero-order chi connectivity index (χ0) is 22.5. The van der Waals surface area contributed by atoms with Gasteiger partial charge in [-0.2, -0.15) is 13.2 Å². The normalized spacial score (nSPS) is 13.0. The number of sulfonamides is 1. The Morgan fingerprint density at radius 1 is 1.17 bits per heavy atom. The molecule has 2 rings (SSSR count). The average Bonchev–Trinajstić information content (AvgIpc) is 2.67. The number of carbonyl (C=O) groups excluding carboxylic acids is 1. The van der Waals surface area contributed by atoms with Gasteiger partial charge in [0.05, 0.1) is 21.2 Å². The van der Waals surface area contributed by atoms with Crippen LogP contribution in [-0.4, -0.2) is 27.0 Å². The van der Waals surface area contributed by atoms with E-state index < -0.39 is 34.3 Å². The van der Waals surface area contributed by atoms with Gasteiger partial charge in [-0.05, 0) is 55.8 Å². The van der Waals surface area contributed by atoms with E-state index >= 15 is 0 Å². The number of hydrogen-bond acceptors (Lipinski definition) is 4. The lowest BCUT2D eigenvalue weighted by molar-refractivity contribution is -0.137. The van der Waals surface area contributed by atoms with Crippen LogP contribution in [0.1, 0.15) is 25.8 Å². The molecule has 0 heterocycles. The third-order valence-corrected chi connectivity index (χ3v) is 5.98. The molecule has 0 spiro atoms. The Bertz CT molecular complexity index is 996. The Balaban J connectivity index is 1.99. The second-order valence-corrected chi connectivity index (χ2v) is 8.55. The molecule has 0 bridgehead atoms. The van der Waals surface area contributed by atoms with Gasteiger partial charge >= 0.3 is 6.18 Å². The first-order chi connectivity index (χ1) is 13.9. The van der Waals surface area contributed by atoms with Crippen LogP contribution in [0.3, 0.4) is 0 Å². The van der Waals surface area contributed by atoms with Crippen LogP contribution < -0.4 is 14.8 Å². The quantitative estimate of drug-likeness (QED) is 0.604. The molecule has 164 valence electrons. The summed E-state index contributed by atoms with van der Waals surface area (Å²) in [6, 6.07) is 7.73. The van der Waals surface area contributed by atoms with Gasteiger partial charge in [0.2, 0.25) is 10.0 Å². The largest absolute Gasteiger partial charge is 0.484 e. The summed E-state index contributed by atoms with van der Waals surface area (Å²) in [5, 5.41) is 2.20. The van der Waals surface area contributed by atoms with Crippen molar-refractivity contribution in [3.63, 3.8) is 0 Å². The second kappa shape index (κ2) is 9.67. The fourth-order valence-electron chi connectivity index (χ4n) is 2.26. The fourth-order valence-corrected chi connectivity index (χ4v) is 3.76. The van der Waals surface area contributed by atoms with Crippen molar-refractivity contribution in [1.82, 2.24) is 4.72 Å². The summed E-state index contributed by atoms with van der Waals surface area (Å²) >= 11 is 5.83. The Kier molecular flexibility index (Phi) is 7.73. The van der Waals surface area contributed by atoms with E-state index in [2.05, 4.69) is 10.0 Å². The molecular weight excluding hydrogens is 445 g/mol. The van der Waals surface area contributed by atoms with E-state index in [0.717, 1.165) is 18.2 Å². The lowest BCUT2D eigenvalue weighted by Crippen LogP contribution is -2.31. The molecule has 6 nitrogen and oxygen atoms in total. The smallest absolute Gasteiger partial charge is 0.416 e. The fraction of sp³-hybridized carbons (Fsp3) is 0.316. The first-order valence-corrected chi connectivity index (χ1v) is 10.7. The van der Waals surface area contributed by atoms with Crippen molar-refractivity contribution >= 4 is 33.2 Å². The Labute approximate surface area is 177 Å². The molecule has 2 aromatic carbocycles. The van der Waals surface area contributed by atoms with E-state index in [9.17, 15) is 26.4 Å². The van der Waals surface area contributed by atoms with Gasteiger partial charge in [-0.1, -0.05) is 18.5 Å². The lowest BCUT2D eigenvalue weighted by atomic mass is 10.2. The third kappa shape index (κ3) is 6.61. The second-order valence-electron chi connectivity index (χ2n) is 6.43. The van der Waals surface area contributed by atoms with Gasteiger partial charge < -0.3 is 10.1 Å². The van der Waals surface area contributed by atoms with Gasteiger partial charge in [-0.25, -0.2) is 13.1 Å². The predicted octanol–water partition coefficient (Wildman–Crippen LogP) is 4.45. The van der Waals surface area contributed by atoms with Crippen LogP contribution in [0.5, 0.6) is 5.75 Å². The highest BCUT2D eigenvalue weighted by atomic mass is 35.5. The topological polar surface area (TPSA) is 84.5 Å². The van der Waals surface area contributed by atoms with Crippen LogP contribution in [-0.2, 0) is 21.0 Å². The zero-order valence-electron chi connectivity index (χ0n) is 16.1. The zero-order valence-corrected chi connectivity index (χ0v) is 17.7. The van der Waals surface area contributed by atoms with Crippen LogP contribution in [0.15, 0.2) is 47.4 Å². The van der Waals surface area contributed by atoms with Crippen LogP contribution in [0.2, 0.25) is 5.02 Å². The molecule has 2 aromatic rings. The highest BCUT2D eigenvalue weighted by Gasteiger charge is 2.31. The van der Waals surface area contributed by atoms with E-state index in [4.69, 9.17) is 16.3 Å². The monoisotopic (exact) mass is 464 g/mol. The van der Waals surface area contributed by atoms with Crippen LogP contribution in [0, 0.1) is 0 Å². The molecule has 11 heteroatoms. The minimum Gasteiger partial charge on any atom is -0.484 e. The Morgan fingerprint density at radius 3 is 2.37 bits per heavy atom. The van der Waals surface area contributed by atoms with Crippen molar-refractivity contribution in [2.45, 2.75) is 37.4 Å².